The van der Waals surface area contributed by atoms with Crippen LogP contribution in [-0.2, 0) is 0 Å². The van der Waals surface area contributed by atoms with Crippen LogP contribution in [0.25, 0.3) is 0 Å². The molecular weight excluding hydrogens is 220 g/mol. The Balaban J connectivity index is 1.33. The van der Waals surface area contributed by atoms with Crippen molar-refractivity contribution in [2.24, 2.45) is 45.7 Å². The summed E-state index contributed by atoms with van der Waals surface area (Å²) in [7, 11) is 0. The van der Waals surface area contributed by atoms with Crippen molar-refractivity contribution in [1.82, 2.24) is 0 Å². The molecule has 0 aromatic rings. The highest BCUT2D eigenvalue weighted by molar-refractivity contribution is 5.66. The lowest BCUT2D eigenvalue weighted by Gasteiger charge is -2.12. The number of fused-ring (bicyclic) bond motifs is 4. The van der Waals surface area contributed by atoms with Gasteiger partial charge in [0.15, 0.2) is 0 Å². The van der Waals surface area contributed by atoms with Crippen LogP contribution in [0.15, 0.2) is 34.5 Å². The van der Waals surface area contributed by atoms with Gasteiger partial charge < -0.3 is 0 Å². The summed E-state index contributed by atoms with van der Waals surface area (Å²) in [4.78, 5) is 0. The maximum absolute atomic E-state index is 4.31. The zero-order chi connectivity index (χ0) is 11.9. The van der Waals surface area contributed by atoms with E-state index in [1.807, 2.05) is 0 Å². The zero-order valence-electron chi connectivity index (χ0n) is 10.7. The molecule has 6 atom stereocenters. The van der Waals surface area contributed by atoms with Gasteiger partial charge in [-0.05, 0) is 49.4 Å². The first-order valence-corrected chi connectivity index (χ1v) is 7.32. The minimum absolute atomic E-state index is 0.650. The number of hydrogen-bond donors (Lipinski definition) is 0. The average Bonchev–Trinajstić information content (AvgIpc) is 3.13. The summed E-state index contributed by atoms with van der Waals surface area (Å²) in [5.74, 6) is 4.45. The molecule has 0 aromatic carbocycles. The van der Waals surface area contributed by atoms with E-state index in [1.54, 1.807) is 0 Å². The normalized spacial score (nSPS) is 48.4. The van der Waals surface area contributed by atoms with Crippen molar-refractivity contribution < 1.29 is 0 Å². The van der Waals surface area contributed by atoms with Gasteiger partial charge in [-0.3, -0.25) is 0 Å². The highest BCUT2D eigenvalue weighted by atomic mass is 15.2. The Morgan fingerprint density at radius 1 is 0.667 bits per heavy atom. The maximum Gasteiger partial charge on any atom is 0.0307 e. The van der Waals surface area contributed by atoms with Gasteiger partial charge in [-0.15, -0.1) is 0 Å². The molecular formula is C16H20N2. The van der Waals surface area contributed by atoms with E-state index in [1.165, 1.54) is 25.7 Å². The van der Waals surface area contributed by atoms with Gasteiger partial charge in [0.25, 0.3) is 0 Å². The molecule has 4 rings (SSSR count). The number of nitrogens with zero attached hydrogens (tertiary/aromatic N) is 2. The smallest absolute Gasteiger partial charge is 0.0307 e. The fraction of sp³-hybridized carbons (Fsp3) is 0.625. The largest absolute Gasteiger partial charge is 0.164 e. The van der Waals surface area contributed by atoms with Crippen molar-refractivity contribution >= 4 is 12.4 Å². The van der Waals surface area contributed by atoms with Gasteiger partial charge in [0, 0.05) is 24.3 Å². The second kappa shape index (κ2) is 4.18. The number of hydrogen-bond acceptors (Lipinski definition) is 2. The van der Waals surface area contributed by atoms with E-state index in [0.717, 1.165) is 23.7 Å². The molecule has 0 saturated heterocycles. The van der Waals surface area contributed by atoms with Gasteiger partial charge in [-0.1, -0.05) is 24.3 Å². The van der Waals surface area contributed by atoms with E-state index < -0.39 is 0 Å². The van der Waals surface area contributed by atoms with E-state index in [9.17, 15) is 0 Å². The Kier molecular flexibility index (Phi) is 2.49. The Labute approximate surface area is 109 Å². The standard InChI is InChI=1S/C16H20N2/c1-3-13-5-11(1)7-15(13)9-17-18-10-16-8-12-2-4-14(16)6-12/h1-4,9-16H,5-8H2/b17-9-,18-10+. The van der Waals surface area contributed by atoms with Gasteiger partial charge in [0.1, 0.15) is 0 Å². The molecule has 0 heterocycles. The highest BCUT2D eigenvalue weighted by Gasteiger charge is 2.35. The van der Waals surface area contributed by atoms with Crippen molar-refractivity contribution in [2.75, 3.05) is 0 Å². The summed E-state index contributed by atoms with van der Waals surface area (Å²) in [6.45, 7) is 0. The maximum atomic E-state index is 4.31. The lowest BCUT2D eigenvalue weighted by atomic mass is 9.95. The molecule has 0 amide bonds. The molecule has 2 saturated carbocycles. The monoisotopic (exact) mass is 240 g/mol. The van der Waals surface area contributed by atoms with Crippen LogP contribution in [0.4, 0.5) is 0 Å². The van der Waals surface area contributed by atoms with Crippen LogP contribution in [-0.4, -0.2) is 12.4 Å². The van der Waals surface area contributed by atoms with Crippen molar-refractivity contribution in [2.45, 2.75) is 25.7 Å². The molecule has 0 spiro atoms. The lowest BCUT2D eigenvalue weighted by molar-refractivity contribution is 0.589. The van der Waals surface area contributed by atoms with Gasteiger partial charge >= 0.3 is 0 Å². The van der Waals surface area contributed by atoms with Crippen molar-refractivity contribution in [3.05, 3.63) is 24.3 Å². The molecule has 4 bridgehead atoms. The van der Waals surface area contributed by atoms with Crippen LogP contribution in [0.3, 0.4) is 0 Å². The number of allylic oxidation sites excluding steroid dienone is 4. The third-order valence-electron chi connectivity index (χ3n) is 5.24. The molecule has 0 aromatic heterocycles. The molecule has 94 valence electrons. The molecule has 2 fully saturated rings. The second-order valence-corrected chi connectivity index (χ2v) is 6.42. The van der Waals surface area contributed by atoms with Crippen molar-refractivity contribution in [3.63, 3.8) is 0 Å². The van der Waals surface area contributed by atoms with Gasteiger partial charge in [-0.2, -0.15) is 10.2 Å². The van der Waals surface area contributed by atoms with Gasteiger partial charge in [0.2, 0.25) is 0 Å². The fourth-order valence-corrected chi connectivity index (χ4v) is 4.24. The molecule has 4 aliphatic carbocycles. The topological polar surface area (TPSA) is 24.7 Å². The van der Waals surface area contributed by atoms with E-state index in [4.69, 9.17) is 0 Å². The van der Waals surface area contributed by atoms with Crippen LogP contribution in [0, 0.1) is 35.5 Å². The summed E-state index contributed by atoms with van der Waals surface area (Å²) < 4.78 is 0. The zero-order valence-corrected chi connectivity index (χ0v) is 10.7. The average molecular weight is 240 g/mol. The van der Waals surface area contributed by atoms with Gasteiger partial charge in [-0.25, -0.2) is 0 Å². The Hall–Kier alpha value is -1.18. The highest BCUT2D eigenvalue weighted by Crippen LogP contribution is 2.43. The van der Waals surface area contributed by atoms with E-state index >= 15 is 0 Å². The number of rotatable bonds is 3. The Morgan fingerprint density at radius 2 is 1.17 bits per heavy atom. The van der Waals surface area contributed by atoms with Crippen LogP contribution in [0.5, 0.6) is 0 Å². The van der Waals surface area contributed by atoms with E-state index in [2.05, 4.69) is 46.9 Å². The van der Waals surface area contributed by atoms with E-state index in [-0.39, 0.29) is 0 Å². The molecule has 0 N–H and O–H groups in total. The third-order valence-corrected chi connectivity index (χ3v) is 5.24. The first-order chi connectivity index (χ1) is 8.88. The molecule has 2 heteroatoms. The first kappa shape index (κ1) is 10.7. The van der Waals surface area contributed by atoms with Crippen LogP contribution in [0.2, 0.25) is 0 Å². The Bertz CT molecular complexity index is 404. The summed E-state index contributed by atoms with van der Waals surface area (Å²) in [6, 6.07) is 0. The van der Waals surface area contributed by atoms with Crippen molar-refractivity contribution in [1.29, 1.82) is 0 Å². The third kappa shape index (κ3) is 1.79. The molecule has 4 aliphatic rings. The molecule has 18 heavy (non-hydrogen) atoms. The van der Waals surface area contributed by atoms with Gasteiger partial charge in [0.05, 0.1) is 0 Å². The van der Waals surface area contributed by atoms with E-state index in [0.29, 0.717) is 11.8 Å². The predicted molar refractivity (Wildman–Crippen MR) is 74.7 cm³/mol. The van der Waals surface area contributed by atoms with Crippen LogP contribution < -0.4 is 0 Å². The fourth-order valence-electron chi connectivity index (χ4n) is 4.24. The quantitative estimate of drug-likeness (QED) is 0.410. The van der Waals surface area contributed by atoms with Crippen molar-refractivity contribution in [3.8, 4) is 0 Å². The molecule has 2 nitrogen and oxygen atoms in total. The summed E-state index contributed by atoms with van der Waals surface area (Å²) in [5.41, 5.74) is 0. The molecule has 0 aliphatic heterocycles. The molecule has 0 radical (unpaired) electrons. The SMILES string of the molecule is C1=CC2CC1CC2/C=N\N=C\C1CC2C=CC1C2. The van der Waals surface area contributed by atoms with Crippen LogP contribution in [0.1, 0.15) is 25.7 Å². The predicted octanol–water partition coefficient (Wildman–Crippen LogP) is 3.47. The lowest BCUT2D eigenvalue weighted by Crippen LogP contribution is -2.09. The summed E-state index contributed by atoms with van der Waals surface area (Å²) >= 11 is 0. The molecule has 6 unspecified atom stereocenters. The first-order valence-electron chi connectivity index (χ1n) is 7.32. The summed E-state index contributed by atoms with van der Waals surface area (Å²) in [5, 5.41) is 8.61. The second-order valence-electron chi connectivity index (χ2n) is 6.42. The van der Waals surface area contributed by atoms with Crippen LogP contribution >= 0.6 is 0 Å². The summed E-state index contributed by atoms with van der Waals surface area (Å²) in [6.07, 6.45) is 18.9. The minimum Gasteiger partial charge on any atom is -0.164 e. The Morgan fingerprint density at radius 3 is 1.50 bits per heavy atom. The minimum atomic E-state index is 0.650.